The molecule has 2 N–H and O–H groups in total. The highest BCUT2D eigenvalue weighted by Crippen LogP contribution is 2.36. The van der Waals surface area contributed by atoms with Crippen molar-refractivity contribution in [3.8, 4) is 0 Å². The highest BCUT2D eigenvalue weighted by molar-refractivity contribution is 5.66. The zero-order valence-corrected chi connectivity index (χ0v) is 13.5. The van der Waals surface area contributed by atoms with Crippen LogP contribution in [0.5, 0.6) is 0 Å². The van der Waals surface area contributed by atoms with E-state index >= 15 is 0 Å². The van der Waals surface area contributed by atoms with Gasteiger partial charge in [0.1, 0.15) is 0 Å². The summed E-state index contributed by atoms with van der Waals surface area (Å²) >= 11 is 0. The van der Waals surface area contributed by atoms with Crippen LogP contribution in [0.15, 0.2) is 28.8 Å². The predicted molar refractivity (Wildman–Crippen MR) is 88.1 cm³/mol. The van der Waals surface area contributed by atoms with Crippen molar-refractivity contribution in [3.63, 3.8) is 0 Å². The molecule has 2 aromatic rings. The highest BCUT2D eigenvalue weighted by atomic mass is 16.5. The minimum Gasteiger partial charge on any atom is -0.335 e. The normalized spacial score (nSPS) is 17.6. The summed E-state index contributed by atoms with van der Waals surface area (Å²) in [7, 11) is 0. The first-order valence-corrected chi connectivity index (χ1v) is 7.79. The molecule has 4 nitrogen and oxygen atoms in total. The Balaban J connectivity index is 1.71. The molecule has 1 saturated carbocycles. The molecule has 1 aliphatic rings. The Morgan fingerprint density at radius 2 is 1.82 bits per heavy atom. The van der Waals surface area contributed by atoms with Crippen LogP contribution in [0.2, 0.25) is 0 Å². The maximum Gasteiger partial charge on any atom is 0.250 e. The van der Waals surface area contributed by atoms with Gasteiger partial charge in [0.2, 0.25) is 0 Å². The van der Waals surface area contributed by atoms with Crippen molar-refractivity contribution in [2.45, 2.75) is 51.0 Å². The molecule has 1 aromatic heterocycles. The molecule has 3 rings (SSSR count). The summed E-state index contributed by atoms with van der Waals surface area (Å²) in [5.74, 6) is 1.13. The predicted octanol–water partition coefficient (Wildman–Crippen LogP) is 3.88. The Kier molecular flexibility index (Phi) is 3.65. The number of aromatic nitrogens is 2. The molecule has 0 radical (unpaired) electrons. The molecule has 1 aromatic carbocycles. The van der Waals surface area contributed by atoms with Gasteiger partial charge in [-0.05, 0) is 41.9 Å². The minimum atomic E-state index is -0.371. The number of nitrogens with two attached hydrogens (primary N) is 1. The van der Waals surface area contributed by atoms with Gasteiger partial charge in [-0.2, -0.15) is 4.98 Å². The van der Waals surface area contributed by atoms with E-state index in [2.05, 4.69) is 55.2 Å². The first kappa shape index (κ1) is 15.0. The van der Waals surface area contributed by atoms with E-state index in [1.54, 1.807) is 0 Å². The van der Waals surface area contributed by atoms with Gasteiger partial charge in [0.15, 0.2) is 5.82 Å². The second-order valence-electron chi connectivity index (χ2n) is 7.17. The SMILES string of the molecule is CC(C)(C)c1ccc(/C=C/c2nc(C3(N)CCC3)no2)cc1. The first-order chi connectivity index (χ1) is 10.4. The number of nitrogens with zero attached hydrogens (tertiary/aromatic N) is 2. The molecule has 1 heterocycles. The van der Waals surface area contributed by atoms with Gasteiger partial charge >= 0.3 is 0 Å². The van der Waals surface area contributed by atoms with E-state index in [0.29, 0.717) is 11.7 Å². The van der Waals surface area contributed by atoms with E-state index in [1.165, 1.54) is 5.56 Å². The third kappa shape index (κ3) is 2.97. The van der Waals surface area contributed by atoms with E-state index in [4.69, 9.17) is 10.3 Å². The molecule has 0 spiro atoms. The lowest BCUT2D eigenvalue weighted by atomic mass is 9.77. The van der Waals surface area contributed by atoms with E-state index in [1.807, 2.05) is 12.2 Å². The molecule has 0 saturated heterocycles. The zero-order valence-electron chi connectivity index (χ0n) is 13.5. The highest BCUT2D eigenvalue weighted by Gasteiger charge is 2.38. The number of hydrogen-bond acceptors (Lipinski definition) is 4. The molecular formula is C18H23N3O. The van der Waals surface area contributed by atoms with Gasteiger partial charge in [0.25, 0.3) is 5.89 Å². The summed E-state index contributed by atoms with van der Waals surface area (Å²) in [5, 5.41) is 4.01. The van der Waals surface area contributed by atoms with Crippen LogP contribution in [-0.4, -0.2) is 10.1 Å². The standard InChI is InChI=1S/C18H23N3O/c1-17(2,3)14-8-5-13(6-9-14)7-10-15-20-16(21-22-15)18(19)11-4-12-18/h5-10H,4,11-12,19H2,1-3H3/b10-7+. The third-order valence-corrected chi connectivity index (χ3v) is 4.33. The Morgan fingerprint density at radius 1 is 1.14 bits per heavy atom. The number of rotatable bonds is 3. The molecule has 0 atom stereocenters. The van der Waals surface area contributed by atoms with Crippen molar-refractivity contribution in [2.24, 2.45) is 5.73 Å². The summed E-state index contributed by atoms with van der Waals surface area (Å²) in [5.41, 5.74) is 8.42. The molecule has 0 aliphatic heterocycles. The molecule has 0 bridgehead atoms. The average molecular weight is 297 g/mol. The van der Waals surface area contributed by atoms with Crippen LogP contribution in [0.1, 0.15) is 62.9 Å². The van der Waals surface area contributed by atoms with Crippen LogP contribution in [0.4, 0.5) is 0 Å². The van der Waals surface area contributed by atoms with Crippen LogP contribution < -0.4 is 5.73 Å². The summed E-state index contributed by atoms with van der Waals surface area (Å²) in [6.45, 7) is 6.63. The first-order valence-electron chi connectivity index (χ1n) is 7.79. The molecule has 0 amide bonds. The molecule has 1 aliphatic carbocycles. The number of hydrogen-bond donors (Lipinski definition) is 1. The summed E-state index contributed by atoms with van der Waals surface area (Å²) in [4.78, 5) is 4.39. The maximum atomic E-state index is 6.19. The van der Waals surface area contributed by atoms with Gasteiger partial charge in [-0.15, -0.1) is 0 Å². The lowest BCUT2D eigenvalue weighted by Gasteiger charge is -2.34. The molecule has 116 valence electrons. The van der Waals surface area contributed by atoms with Crippen LogP contribution in [0.25, 0.3) is 12.2 Å². The minimum absolute atomic E-state index is 0.169. The fourth-order valence-electron chi connectivity index (χ4n) is 2.55. The number of benzene rings is 1. The Hall–Kier alpha value is -1.94. The lowest BCUT2D eigenvalue weighted by Crippen LogP contribution is -2.44. The van der Waals surface area contributed by atoms with Crippen molar-refractivity contribution in [1.82, 2.24) is 10.1 Å². The van der Waals surface area contributed by atoms with Gasteiger partial charge in [0, 0.05) is 6.08 Å². The molecule has 1 fully saturated rings. The van der Waals surface area contributed by atoms with Gasteiger partial charge in [-0.1, -0.05) is 50.2 Å². The Bertz CT molecular complexity index is 673. The van der Waals surface area contributed by atoms with Crippen molar-refractivity contribution in [1.29, 1.82) is 0 Å². The molecule has 0 unspecified atom stereocenters. The van der Waals surface area contributed by atoms with Crippen molar-refractivity contribution in [2.75, 3.05) is 0 Å². The fraction of sp³-hybridized carbons (Fsp3) is 0.444. The Labute approximate surface area is 131 Å². The molecular weight excluding hydrogens is 274 g/mol. The van der Waals surface area contributed by atoms with Crippen LogP contribution in [0.3, 0.4) is 0 Å². The van der Waals surface area contributed by atoms with Crippen LogP contribution in [0, 0.1) is 0 Å². The fourth-order valence-corrected chi connectivity index (χ4v) is 2.55. The summed E-state index contributed by atoms with van der Waals surface area (Å²) in [6.07, 6.45) is 6.82. The van der Waals surface area contributed by atoms with Crippen molar-refractivity contribution in [3.05, 3.63) is 47.1 Å². The summed E-state index contributed by atoms with van der Waals surface area (Å²) in [6, 6.07) is 8.51. The monoisotopic (exact) mass is 297 g/mol. The largest absolute Gasteiger partial charge is 0.335 e. The smallest absolute Gasteiger partial charge is 0.250 e. The topological polar surface area (TPSA) is 64.9 Å². The van der Waals surface area contributed by atoms with Crippen molar-refractivity contribution >= 4 is 12.2 Å². The van der Waals surface area contributed by atoms with Gasteiger partial charge in [-0.25, -0.2) is 0 Å². The summed E-state index contributed by atoms with van der Waals surface area (Å²) < 4.78 is 5.26. The van der Waals surface area contributed by atoms with Crippen molar-refractivity contribution < 1.29 is 4.52 Å². The second kappa shape index (κ2) is 5.36. The van der Waals surface area contributed by atoms with Crippen LogP contribution in [-0.2, 0) is 11.0 Å². The van der Waals surface area contributed by atoms with Gasteiger partial charge in [-0.3, -0.25) is 0 Å². The van der Waals surface area contributed by atoms with E-state index in [9.17, 15) is 0 Å². The zero-order chi connectivity index (χ0) is 15.8. The third-order valence-electron chi connectivity index (χ3n) is 4.33. The van der Waals surface area contributed by atoms with E-state index < -0.39 is 0 Å². The quantitative estimate of drug-likeness (QED) is 0.933. The lowest BCUT2D eigenvalue weighted by molar-refractivity contribution is 0.229. The van der Waals surface area contributed by atoms with Gasteiger partial charge < -0.3 is 10.3 Å². The second-order valence-corrected chi connectivity index (χ2v) is 7.17. The molecule has 4 heteroatoms. The van der Waals surface area contributed by atoms with E-state index in [0.717, 1.165) is 24.8 Å². The maximum absolute atomic E-state index is 6.19. The van der Waals surface area contributed by atoms with Gasteiger partial charge in [0.05, 0.1) is 5.54 Å². The van der Waals surface area contributed by atoms with E-state index in [-0.39, 0.29) is 11.0 Å². The van der Waals surface area contributed by atoms with Crippen LogP contribution >= 0.6 is 0 Å². The molecule has 22 heavy (non-hydrogen) atoms. The Morgan fingerprint density at radius 3 is 2.36 bits per heavy atom. The average Bonchev–Trinajstić information content (AvgIpc) is 2.91.